The van der Waals surface area contributed by atoms with Gasteiger partial charge in [-0.05, 0) is 69.7 Å². The number of rotatable bonds is 8. The van der Waals surface area contributed by atoms with E-state index in [9.17, 15) is 9.59 Å². The molecule has 1 amide bonds. The number of fused-ring (bicyclic) bond motifs is 1. The number of nitrogens with zero attached hydrogens (tertiary/aromatic N) is 2. The summed E-state index contributed by atoms with van der Waals surface area (Å²) in [5, 5.41) is 3.69. The van der Waals surface area contributed by atoms with Crippen LogP contribution in [0.25, 0.3) is 17.2 Å². The zero-order valence-electron chi connectivity index (χ0n) is 18.6. The van der Waals surface area contributed by atoms with Crippen LogP contribution in [0.15, 0.2) is 51.7 Å². The molecule has 0 atom stereocenters. The molecule has 170 valence electrons. The van der Waals surface area contributed by atoms with Crippen LogP contribution in [0.1, 0.15) is 33.3 Å². The summed E-state index contributed by atoms with van der Waals surface area (Å²) in [6.45, 7) is 9.75. The van der Waals surface area contributed by atoms with Gasteiger partial charge >= 0.3 is 5.76 Å². The van der Waals surface area contributed by atoms with Gasteiger partial charge in [-0.15, -0.1) is 0 Å². The zero-order valence-corrected chi connectivity index (χ0v) is 20.1. The van der Waals surface area contributed by atoms with Crippen LogP contribution >= 0.6 is 23.2 Å². The fourth-order valence-electron chi connectivity index (χ4n) is 3.65. The highest BCUT2D eigenvalue weighted by Crippen LogP contribution is 2.23. The summed E-state index contributed by atoms with van der Waals surface area (Å²) in [7, 11) is 0. The molecule has 0 saturated heterocycles. The maximum atomic E-state index is 12.4. The fourth-order valence-corrected chi connectivity index (χ4v) is 3.96. The van der Waals surface area contributed by atoms with Crippen molar-refractivity contribution in [1.82, 2.24) is 9.47 Å². The van der Waals surface area contributed by atoms with Crippen molar-refractivity contribution in [3.63, 3.8) is 0 Å². The summed E-state index contributed by atoms with van der Waals surface area (Å²) in [6.07, 6.45) is 3.06. The van der Waals surface area contributed by atoms with Crippen LogP contribution in [-0.2, 0) is 11.3 Å². The van der Waals surface area contributed by atoms with Crippen molar-refractivity contribution in [2.45, 2.75) is 46.3 Å². The van der Waals surface area contributed by atoms with Crippen molar-refractivity contribution in [2.75, 3.05) is 11.9 Å². The number of carbonyl (C=O) groups is 1. The highest BCUT2D eigenvalue weighted by Gasteiger charge is 2.16. The molecule has 0 fully saturated rings. The monoisotopic (exact) mass is 475 g/mol. The van der Waals surface area contributed by atoms with Gasteiger partial charge in [-0.1, -0.05) is 29.3 Å². The largest absolute Gasteiger partial charge is 0.419 e. The van der Waals surface area contributed by atoms with Crippen molar-refractivity contribution in [1.29, 1.82) is 0 Å². The van der Waals surface area contributed by atoms with E-state index in [0.29, 0.717) is 52.0 Å². The number of benzene rings is 2. The lowest BCUT2D eigenvalue weighted by Crippen LogP contribution is -2.40. The molecule has 32 heavy (non-hydrogen) atoms. The zero-order chi connectivity index (χ0) is 23.4. The molecule has 2 aromatic carbocycles. The van der Waals surface area contributed by atoms with Gasteiger partial charge < -0.3 is 9.73 Å². The first-order valence-corrected chi connectivity index (χ1v) is 11.2. The molecule has 0 unspecified atom stereocenters. The van der Waals surface area contributed by atoms with E-state index >= 15 is 0 Å². The highest BCUT2D eigenvalue weighted by atomic mass is 35.5. The van der Waals surface area contributed by atoms with Gasteiger partial charge in [0.2, 0.25) is 5.91 Å². The SMILES string of the molecule is CC(C)N(CCn1c(=O)oc2ccc(NC(=O)C=Cc3ccc(Cl)c(Cl)c3)cc21)C(C)C. The standard InChI is InChI=1S/C24H27Cl2N3O3/c1-15(2)28(16(3)4)11-12-29-21-14-18(7-9-22(21)32-24(29)31)27-23(30)10-6-17-5-8-19(25)20(26)13-17/h5-10,13-16H,11-12H2,1-4H3,(H,27,30). The molecule has 8 heteroatoms. The quantitative estimate of drug-likeness (QED) is 0.426. The van der Waals surface area contributed by atoms with Gasteiger partial charge in [-0.3, -0.25) is 14.3 Å². The fraction of sp³-hybridized carbons (Fsp3) is 0.333. The third kappa shape index (κ3) is 5.82. The van der Waals surface area contributed by atoms with E-state index < -0.39 is 5.76 Å². The van der Waals surface area contributed by atoms with Gasteiger partial charge in [0.05, 0.1) is 15.6 Å². The number of anilines is 1. The third-order valence-electron chi connectivity index (χ3n) is 5.21. The summed E-state index contributed by atoms with van der Waals surface area (Å²) in [6, 6.07) is 11.0. The van der Waals surface area contributed by atoms with Gasteiger partial charge in [0.25, 0.3) is 0 Å². The molecule has 0 spiro atoms. The van der Waals surface area contributed by atoms with E-state index in [4.69, 9.17) is 27.6 Å². The Balaban J connectivity index is 1.76. The van der Waals surface area contributed by atoms with Gasteiger partial charge in [0.15, 0.2) is 5.58 Å². The van der Waals surface area contributed by atoms with E-state index in [1.165, 1.54) is 6.08 Å². The summed E-state index contributed by atoms with van der Waals surface area (Å²) >= 11 is 11.9. The van der Waals surface area contributed by atoms with Gasteiger partial charge in [-0.2, -0.15) is 0 Å². The second-order valence-electron chi connectivity index (χ2n) is 8.12. The molecule has 0 aliphatic rings. The van der Waals surface area contributed by atoms with Crippen LogP contribution < -0.4 is 11.1 Å². The number of oxazole rings is 1. The Labute approximate surface area is 197 Å². The summed E-state index contributed by atoms with van der Waals surface area (Å²) in [5.74, 6) is -0.714. The molecular weight excluding hydrogens is 449 g/mol. The topological polar surface area (TPSA) is 67.5 Å². The van der Waals surface area contributed by atoms with E-state index in [1.54, 1.807) is 47.0 Å². The molecule has 0 aliphatic carbocycles. The van der Waals surface area contributed by atoms with Crippen LogP contribution in [0.3, 0.4) is 0 Å². The molecule has 0 bridgehead atoms. The number of hydrogen-bond donors (Lipinski definition) is 1. The predicted molar refractivity (Wildman–Crippen MR) is 132 cm³/mol. The van der Waals surface area contributed by atoms with Crippen LogP contribution in [-0.4, -0.2) is 34.0 Å². The smallest absolute Gasteiger partial charge is 0.408 e. The Bertz CT molecular complexity index is 1190. The minimum absolute atomic E-state index is 0.307. The first-order chi connectivity index (χ1) is 15.2. The first kappa shape index (κ1) is 24.1. The lowest BCUT2D eigenvalue weighted by Gasteiger charge is -2.30. The number of halogens is 2. The Morgan fingerprint density at radius 1 is 1.09 bits per heavy atom. The van der Waals surface area contributed by atoms with Crippen LogP contribution in [0.2, 0.25) is 10.0 Å². The van der Waals surface area contributed by atoms with Crippen molar-refractivity contribution < 1.29 is 9.21 Å². The second kappa shape index (κ2) is 10.4. The van der Waals surface area contributed by atoms with Gasteiger partial charge in [-0.25, -0.2) is 4.79 Å². The van der Waals surface area contributed by atoms with Gasteiger partial charge in [0, 0.05) is 36.9 Å². The summed E-state index contributed by atoms with van der Waals surface area (Å²) in [5.41, 5.74) is 2.46. The Hall–Kier alpha value is -2.54. The van der Waals surface area contributed by atoms with Crippen molar-refractivity contribution in [3.05, 3.63) is 68.6 Å². The second-order valence-corrected chi connectivity index (χ2v) is 8.94. The van der Waals surface area contributed by atoms with Crippen LogP contribution in [0.4, 0.5) is 5.69 Å². The molecular formula is C24H27Cl2N3O3. The minimum Gasteiger partial charge on any atom is -0.408 e. The highest BCUT2D eigenvalue weighted by molar-refractivity contribution is 6.42. The molecule has 1 heterocycles. The maximum Gasteiger partial charge on any atom is 0.419 e. The average molecular weight is 476 g/mol. The molecule has 1 aromatic heterocycles. The molecule has 3 rings (SSSR count). The molecule has 3 aromatic rings. The maximum absolute atomic E-state index is 12.4. The van der Waals surface area contributed by atoms with Gasteiger partial charge in [0.1, 0.15) is 0 Å². The number of hydrogen-bond acceptors (Lipinski definition) is 4. The lowest BCUT2D eigenvalue weighted by molar-refractivity contribution is -0.111. The summed E-state index contributed by atoms with van der Waals surface area (Å²) < 4.78 is 6.98. The van der Waals surface area contributed by atoms with Crippen molar-refractivity contribution in [2.24, 2.45) is 0 Å². The number of aromatic nitrogens is 1. The number of carbonyl (C=O) groups excluding carboxylic acids is 1. The Kier molecular flexibility index (Phi) is 7.82. The van der Waals surface area contributed by atoms with Crippen molar-refractivity contribution >= 4 is 52.0 Å². The third-order valence-corrected chi connectivity index (χ3v) is 5.95. The normalized spacial score (nSPS) is 12.0. The average Bonchev–Trinajstić information content (AvgIpc) is 3.03. The van der Waals surface area contributed by atoms with E-state index in [0.717, 1.165) is 5.56 Å². The molecule has 0 aliphatic heterocycles. The predicted octanol–water partition coefficient (Wildman–Crippen LogP) is 5.67. The van der Waals surface area contributed by atoms with E-state index in [2.05, 4.69) is 37.9 Å². The Morgan fingerprint density at radius 2 is 1.81 bits per heavy atom. The summed E-state index contributed by atoms with van der Waals surface area (Å²) in [4.78, 5) is 27.1. The molecule has 0 saturated carbocycles. The molecule has 0 radical (unpaired) electrons. The van der Waals surface area contributed by atoms with E-state index in [-0.39, 0.29) is 5.91 Å². The minimum atomic E-state index is -0.407. The van der Waals surface area contributed by atoms with Crippen molar-refractivity contribution in [3.8, 4) is 0 Å². The number of amides is 1. The van der Waals surface area contributed by atoms with Crippen LogP contribution in [0, 0.1) is 0 Å². The number of nitrogens with one attached hydrogen (secondary N) is 1. The van der Waals surface area contributed by atoms with E-state index in [1.807, 2.05) is 0 Å². The lowest BCUT2D eigenvalue weighted by atomic mass is 10.2. The molecule has 1 N–H and O–H groups in total. The van der Waals surface area contributed by atoms with Crippen LogP contribution in [0.5, 0.6) is 0 Å². The first-order valence-electron chi connectivity index (χ1n) is 10.5. The molecule has 6 nitrogen and oxygen atoms in total. The Morgan fingerprint density at radius 3 is 2.47 bits per heavy atom.